The number of ether oxygens (including phenoxy) is 2. The Hall–Kier alpha value is 1.88. The number of hydrogen-bond acceptors (Lipinski definition) is 2. The summed E-state index contributed by atoms with van der Waals surface area (Å²) >= 11 is 29.5. The third-order valence-electron chi connectivity index (χ3n) is 5.04. The molecule has 2 aromatic carbocycles. The molecule has 33 heavy (non-hydrogen) atoms. The Bertz CT molecular complexity index is 942. The lowest BCUT2D eigenvalue weighted by Gasteiger charge is -2.31. The zero-order chi connectivity index (χ0) is 25.2. The fourth-order valence-electron chi connectivity index (χ4n) is 2.93. The Labute approximate surface area is 264 Å². The lowest BCUT2D eigenvalue weighted by molar-refractivity contribution is 0.289. The van der Waals surface area contributed by atoms with Gasteiger partial charge in [-0.15, -0.1) is 0 Å². The van der Waals surface area contributed by atoms with Crippen molar-refractivity contribution in [2.45, 2.75) is 41.8 Å². The van der Waals surface area contributed by atoms with E-state index < -0.39 is 0 Å². The van der Waals surface area contributed by atoms with Crippen molar-refractivity contribution >= 4 is 127 Å². The van der Waals surface area contributed by atoms with E-state index in [1.165, 1.54) is 0 Å². The molecule has 184 valence electrons. The summed E-state index contributed by atoms with van der Waals surface area (Å²) in [6.45, 7) is 9.65. The van der Waals surface area contributed by atoms with Gasteiger partial charge < -0.3 is 9.47 Å². The summed E-state index contributed by atoms with van der Waals surface area (Å²) in [6.07, 6.45) is 0. The molecule has 2 atom stereocenters. The van der Waals surface area contributed by atoms with E-state index in [1.807, 2.05) is 12.1 Å². The Kier molecular flexibility index (Phi) is 11.9. The number of rotatable bonds is 10. The highest BCUT2D eigenvalue weighted by Crippen LogP contribution is 2.52. The molecule has 0 N–H and O–H groups in total. The van der Waals surface area contributed by atoms with Crippen molar-refractivity contribution in [2.24, 2.45) is 0 Å². The van der Waals surface area contributed by atoms with Gasteiger partial charge >= 0.3 is 0 Å². The molecule has 2 unspecified atom stereocenters. The zero-order valence-corrected chi connectivity index (χ0v) is 31.2. The van der Waals surface area contributed by atoms with Gasteiger partial charge in [0.05, 0.1) is 17.6 Å². The van der Waals surface area contributed by atoms with Gasteiger partial charge in [-0.05, 0) is 101 Å². The Morgan fingerprint density at radius 2 is 1.09 bits per heavy atom. The predicted molar refractivity (Wildman–Crippen MR) is 169 cm³/mol. The molecule has 0 aliphatic rings. The van der Waals surface area contributed by atoms with Gasteiger partial charge in [-0.2, -0.15) is 0 Å². The van der Waals surface area contributed by atoms with E-state index in [0.717, 1.165) is 51.2 Å². The lowest BCUT2D eigenvalue weighted by Crippen LogP contribution is -2.27. The average molecular weight is 972 g/mol. The SMILES string of the molecule is CC(Br)(CBr)COc1ccc(C(C)(C)c2c(Br)c(Br)c(OCC(C)(Br)CBr)c(Br)c2Br)cc1. The molecule has 2 rings (SSSR count). The van der Waals surface area contributed by atoms with Crippen LogP contribution in [0.5, 0.6) is 11.5 Å². The molecular weight excluding hydrogens is 947 g/mol. The summed E-state index contributed by atoms with van der Waals surface area (Å²) in [6, 6.07) is 8.28. The number of halogens is 8. The number of benzene rings is 2. The first-order valence-electron chi connectivity index (χ1n) is 9.89. The second-order valence-electron chi connectivity index (χ2n) is 8.78. The average Bonchev–Trinajstić information content (AvgIpc) is 2.76. The smallest absolute Gasteiger partial charge is 0.150 e. The summed E-state index contributed by atoms with van der Waals surface area (Å²) in [7, 11) is 0. The van der Waals surface area contributed by atoms with E-state index in [9.17, 15) is 0 Å². The third kappa shape index (κ3) is 7.93. The van der Waals surface area contributed by atoms with E-state index in [1.54, 1.807) is 0 Å². The van der Waals surface area contributed by atoms with Crippen LogP contribution >= 0.6 is 127 Å². The summed E-state index contributed by atoms with van der Waals surface area (Å²) < 4.78 is 15.5. The van der Waals surface area contributed by atoms with Crippen molar-refractivity contribution in [3.05, 3.63) is 53.3 Å². The second-order valence-corrected chi connectivity index (χ2v) is 16.9. The molecule has 0 radical (unpaired) electrons. The van der Waals surface area contributed by atoms with E-state index in [-0.39, 0.29) is 14.1 Å². The van der Waals surface area contributed by atoms with Crippen LogP contribution in [0.3, 0.4) is 0 Å². The normalized spacial score (nSPS) is 15.6. The van der Waals surface area contributed by atoms with Gasteiger partial charge in [0.2, 0.25) is 0 Å². The molecule has 0 spiro atoms. The van der Waals surface area contributed by atoms with E-state index >= 15 is 0 Å². The van der Waals surface area contributed by atoms with Gasteiger partial charge in [-0.3, -0.25) is 0 Å². The minimum Gasteiger partial charge on any atom is -0.492 e. The lowest BCUT2D eigenvalue weighted by atomic mass is 9.78. The summed E-state index contributed by atoms with van der Waals surface area (Å²) in [5.41, 5.74) is 1.97. The van der Waals surface area contributed by atoms with Crippen LogP contribution in [0.1, 0.15) is 38.8 Å². The van der Waals surface area contributed by atoms with Crippen LogP contribution in [-0.4, -0.2) is 32.5 Å². The van der Waals surface area contributed by atoms with E-state index in [4.69, 9.17) is 9.47 Å². The molecule has 0 aliphatic heterocycles. The first kappa shape index (κ1) is 31.1. The molecule has 0 saturated heterocycles. The van der Waals surface area contributed by atoms with Crippen molar-refractivity contribution in [3.8, 4) is 11.5 Å². The molecule has 0 fully saturated rings. The van der Waals surface area contributed by atoms with Crippen LogP contribution in [0.2, 0.25) is 0 Å². The number of hydrogen-bond donors (Lipinski definition) is 0. The molecule has 0 amide bonds. The minimum atomic E-state index is -0.306. The van der Waals surface area contributed by atoms with Crippen LogP contribution in [0.4, 0.5) is 0 Å². The summed E-state index contributed by atoms with van der Waals surface area (Å²) in [5.74, 6) is 1.59. The standard InChI is InChI=1S/C23H24Br8O2/c1-21(2,13-5-7-14(8-6-13)32-11-22(3,30)9-24)15-16(26)18(28)20(19(29)17(15)27)33-12-23(4,31)10-25/h5-8H,9-12H2,1-4H3. The minimum absolute atomic E-state index is 0.107. The molecule has 2 aromatic rings. The molecule has 10 heteroatoms. The largest absolute Gasteiger partial charge is 0.492 e. The molecule has 2 nitrogen and oxygen atoms in total. The van der Waals surface area contributed by atoms with Gasteiger partial charge in [0.15, 0.2) is 0 Å². The molecule has 0 aliphatic carbocycles. The highest BCUT2D eigenvalue weighted by atomic mass is 79.9. The van der Waals surface area contributed by atoms with Gasteiger partial charge in [0.25, 0.3) is 0 Å². The molecular formula is C23H24Br8O2. The van der Waals surface area contributed by atoms with Crippen molar-refractivity contribution in [3.63, 3.8) is 0 Å². The first-order chi connectivity index (χ1) is 15.2. The van der Waals surface area contributed by atoms with Crippen molar-refractivity contribution in [2.75, 3.05) is 23.9 Å². The monoisotopic (exact) mass is 964 g/mol. The summed E-state index contributed by atoms with van der Waals surface area (Å²) in [5, 5.41) is 1.58. The maximum absolute atomic E-state index is 6.18. The Balaban J connectivity index is 2.39. The van der Waals surface area contributed by atoms with Crippen LogP contribution in [-0.2, 0) is 5.41 Å². The maximum atomic E-state index is 6.18. The predicted octanol–water partition coefficient (Wildman–Crippen LogP) is 10.9. The molecule has 0 aromatic heterocycles. The van der Waals surface area contributed by atoms with E-state index in [2.05, 4.69) is 167 Å². The van der Waals surface area contributed by atoms with Crippen LogP contribution in [0, 0.1) is 0 Å². The summed E-state index contributed by atoms with van der Waals surface area (Å²) in [4.78, 5) is 0. The second kappa shape index (κ2) is 12.6. The number of alkyl halides is 4. The fourth-order valence-corrected chi connectivity index (χ4v) is 6.79. The van der Waals surface area contributed by atoms with Crippen molar-refractivity contribution < 1.29 is 9.47 Å². The molecule has 0 heterocycles. The van der Waals surface area contributed by atoms with Crippen molar-refractivity contribution in [1.82, 2.24) is 0 Å². The Morgan fingerprint density at radius 1 is 0.667 bits per heavy atom. The quantitative estimate of drug-likeness (QED) is 0.175. The van der Waals surface area contributed by atoms with Gasteiger partial charge in [0.1, 0.15) is 24.7 Å². The Morgan fingerprint density at radius 3 is 1.52 bits per heavy atom. The maximum Gasteiger partial charge on any atom is 0.150 e. The van der Waals surface area contributed by atoms with Crippen LogP contribution in [0.25, 0.3) is 0 Å². The molecule has 0 bridgehead atoms. The first-order valence-corrected chi connectivity index (χ1v) is 16.9. The highest BCUT2D eigenvalue weighted by Gasteiger charge is 2.33. The van der Waals surface area contributed by atoms with Gasteiger partial charge in [0, 0.05) is 25.0 Å². The third-order valence-corrected chi connectivity index (χ3v) is 14.2. The fraction of sp³-hybridized carbons (Fsp3) is 0.478. The van der Waals surface area contributed by atoms with Crippen molar-refractivity contribution in [1.29, 1.82) is 0 Å². The van der Waals surface area contributed by atoms with Crippen LogP contribution < -0.4 is 9.47 Å². The van der Waals surface area contributed by atoms with Gasteiger partial charge in [-0.25, -0.2) is 0 Å². The van der Waals surface area contributed by atoms with Crippen LogP contribution in [0.15, 0.2) is 42.2 Å². The highest BCUT2D eigenvalue weighted by molar-refractivity contribution is 9.14. The van der Waals surface area contributed by atoms with E-state index in [0.29, 0.717) is 13.2 Å². The molecule has 0 saturated carbocycles. The van der Waals surface area contributed by atoms with Gasteiger partial charge in [-0.1, -0.05) is 89.7 Å². The topological polar surface area (TPSA) is 18.5 Å². The zero-order valence-electron chi connectivity index (χ0n) is 18.5.